The van der Waals surface area contributed by atoms with Crippen molar-refractivity contribution in [1.82, 2.24) is 0 Å². The second-order valence-corrected chi connectivity index (χ2v) is 7.07. The molecule has 2 aromatic rings. The van der Waals surface area contributed by atoms with Crippen LogP contribution in [0.2, 0.25) is 0 Å². The van der Waals surface area contributed by atoms with Crippen LogP contribution in [-0.2, 0) is 4.74 Å². The van der Waals surface area contributed by atoms with Crippen LogP contribution in [0.1, 0.15) is 0 Å². The predicted octanol–water partition coefficient (Wildman–Crippen LogP) is 4.65. The third kappa shape index (κ3) is 5.30. The first-order valence-corrected chi connectivity index (χ1v) is 9.45. The highest BCUT2D eigenvalue weighted by Crippen LogP contribution is 2.28. The summed E-state index contributed by atoms with van der Waals surface area (Å²) >= 11 is 5.91. The lowest BCUT2D eigenvalue weighted by Gasteiger charge is -2.30. The summed E-state index contributed by atoms with van der Waals surface area (Å²) in [6, 6.07) is 14.7. The van der Waals surface area contributed by atoms with E-state index in [9.17, 15) is 8.78 Å². The molecule has 1 aliphatic rings. The highest BCUT2D eigenvalue weighted by molar-refractivity contribution is 7.99. The Labute approximate surface area is 160 Å². The van der Waals surface area contributed by atoms with Gasteiger partial charge in [-0.1, -0.05) is 23.9 Å². The quantitative estimate of drug-likeness (QED) is 0.567. The lowest BCUT2D eigenvalue weighted by atomic mass is 10.2. The van der Waals surface area contributed by atoms with Gasteiger partial charge in [0.2, 0.25) is 0 Å². The number of halogens is 2. The summed E-state index contributed by atoms with van der Waals surface area (Å²) in [6.07, 6.45) is 0. The van der Waals surface area contributed by atoms with Gasteiger partial charge < -0.3 is 20.3 Å². The number of ether oxygens (including phenoxy) is 1. The Hall–Kier alpha value is -1.90. The van der Waals surface area contributed by atoms with E-state index in [1.807, 2.05) is 24.3 Å². The summed E-state index contributed by atoms with van der Waals surface area (Å²) in [5.41, 5.74) is 2.73. The van der Waals surface area contributed by atoms with Crippen LogP contribution in [0.4, 0.5) is 25.8 Å². The molecule has 0 spiro atoms. The highest BCUT2D eigenvalue weighted by atomic mass is 32.2. The maximum absolute atomic E-state index is 12.4. The largest absolute Gasteiger partial charge is 0.378 e. The van der Waals surface area contributed by atoms with Gasteiger partial charge in [0, 0.05) is 23.7 Å². The van der Waals surface area contributed by atoms with Crippen LogP contribution in [-0.4, -0.2) is 37.2 Å². The van der Waals surface area contributed by atoms with E-state index < -0.39 is 5.76 Å². The van der Waals surface area contributed by atoms with Crippen molar-refractivity contribution < 1.29 is 13.5 Å². The fourth-order valence-electron chi connectivity index (χ4n) is 2.66. The molecule has 0 amide bonds. The predicted molar refractivity (Wildman–Crippen MR) is 108 cm³/mol. The van der Waals surface area contributed by atoms with E-state index >= 15 is 0 Å². The molecule has 0 saturated carbocycles. The van der Waals surface area contributed by atoms with E-state index in [0.717, 1.165) is 30.2 Å². The third-order valence-corrected chi connectivity index (χ3v) is 4.77. The van der Waals surface area contributed by atoms with Crippen molar-refractivity contribution in [2.45, 2.75) is 10.7 Å². The summed E-state index contributed by atoms with van der Waals surface area (Å²) in [5, 5.41) is 6.74. The number of alkyl halides is 2. The second-order valence-electron chi connectivity index (χ2n) is 5.60. The number of nitrogens with one attached hydrogen (secondary N) is 2. The summed E-state index contributed by atoms with van der Waals surface area (Å²) in [6.45, 7) is 3.09. The minimum absolute atomic E-state index is 0.444. The zero-order valence-corrected chi connectivity index (χ0v) is 15.6. The standard InChI is InChI=1S/C18H19F2N3OS2/c19-17(20)26-14-7-5-13(6-8-14)21-18(25)22-15-3-1-2-4-16(15)23-9-11-24-12-10-23/h1-8,17H,9-12H2,(H2,21,22,25). The van der Waals surface area contributed by atoms with Crippen LogP contribution in [0.25, 0.3) is 0 Å². The van der Waals surface area contributed by atoms with Crippen molar-refractivity contribution in [2.24, 2.45) is 0 Å². The van der Waals surface area contributed by atoms with Crippen molar-refractivity contribution in [3.8, 4) is 0 Å². The van der Waals surface area contributed by atoms with E-state index in [4.69, 9.17) is 17.0 Å². The first kappa shape index (κ1) is 18.9. The normalized spacial score (nSPS) is 14.3. The Morgan fingerprint density at radius 2 is 1.73 bits per heavy atom. The molecule has 1 fully saturated rings. The summed E-state index contributed by atoms with van der Waals surface area (Å²) in [4.78, 5) is 2.77. The van der Waals surface area contributed by atoms with Gasteiger partial charge >= 0.3 is 0 Å². The van der Waals surface area contributed by atoms with Crippen molar-refractivity contribution >= 4 is 46.2 Å². The molecule has 0 aromatic heterocycles. The van der Waals surface area contributed by atoms with Crippen LogP contribution in [0, 0.1) is 0 Å². The molecule has 2 aromatic carbocycles. The monoisotopic (exact) mass is 395 g/mol. The van der Waals surface area contributed by atoms with E-state index in [2.05, 4.69) is 15.5 Å². The first-order chi connectivity index (χ1) is 12.6. The molecule has 0 radical (unpaired) electrons. The average molecular weight is 396 g/mol. The van der Waals surface area contributed by atoms with Gasteiger partial charge in [-0.25, -0.2) is 0 Å². The van der Waals surface area contributed by atoms with Gasteiger partial charge in [0.15, 0.2) is 5.11 Å². The van der Waals surface area contributed by atoms with Crippen LogP contribution < -0.4 is 15.5 Å². The van der Waals surface area contributed by atoms with Crippen LogP contribution in [0.5, 0.6) is 0 Å². The van der Waals surface area contributed by atoms with Crippen molar-refractivity contribution in [1.29, 1.82) is 0 Å². The maximum atomic E-state index is 12.4. The smallest absolute Gasteiger partial charge is 0.288 e. The molecule has 1 saturated heterocycles. The Morgan fingerprint density at radius 3 is 2.42 bits per heavy atom. The zero-order valence-electron chi connectivity index (χ0n) is 14.0. The van der Waals surface area contributed by atoms with E-state index in [1.165, 1.54) is 0 Å². The number of benzene rings is 2. The SMILES string of the molecule is FC(F)Sc1ccc(NC(=S)Nc2ccccc2N2CCOCC2)cc1. The Morgan fingerprint density at radius 1 is 1.04 bits per heavy atom. The number of thiocarbonyl (C=S) groups is 1. The molecule has 8 heteroatoms. The fraction of sp³-hybridized carbons (Fsp3) is 0.278. The Bertz CT molecular complexity index is 737. The zero-order chi connectivity index (χ0) is 18.4. The molecule has 1 aliphatic heterocycles. The highest BCUT2D eigenvalue weighted by Gasteiger charge is 2.15. The number of anilines is 3. The molecule has 0 atom stereocenters. The Kier molecular flexibility index (Phi) is 6.65. The van der Waals surface area contributed by atoms with E-state index in [0.29, 0.717) is 35.0 Å². The lowest BCUT2D eigenvalue weighted by Crippen LogP contribution is -2.36. The molecule has 0 bridgehead atoms. The second kappa shape index (κ2) is 9.16. The average Bonchev–Trinajstić information content (AvgIpc) is 2.64. The summed E-state index contributed by atoms with van der Waals surface area (Å²) < 4.78 is 30.1. The summed E-state index contributed by atoms with van der Waals surface area (Å²) in [7, 11) is 0. The van der Waals surface area contributed by atoms with Crippen molar-refractivity contribution in [2.75, 3.05) is 41.8 Å². The number of para-hydroxylation sites is 2. The maximum Gasteiger partial charge on any atom is 0.288 e. The number of rotatable bonds is 5. The van der Waals surface area contributed by atoms with Crippen LogP contribution in [0.3, 0.4) is 0 Å². The van der Waals surface area contributed by atoms with E-state index in [1.54, 1.807) is 24.3 Å². The Balaban J connectivity index is 1.63. The molecule has 4 nitrogen and oxygen atoms in total. The molecule has 2 N–H and O–H groups in total. The number of thioether (sulfide) groups is 1. The van der Waals surface area contributed by atoms with Crippen molar-refractivity contribution in [3.63, 3.8) is 0 Å². The van der Waals surface area contributed by atoms with Gasteiger partial charge in [0.05, 0.1) is 24.6 Å². The van der Waals surface area contributed by atoms with Crippen LogP contribution in [0.15, 0.2) is 53.4 Å². The minimum atomic E-state index is -2.42. The minimum Gasteiger partial charge on any atom is -0.378 e. The van der Waals surface area contributed by atoms with Gasteiger partial charge in [0.25, 0.3) is 5.76 Å². The van der Waals surface area contributed by atoms with Gasteiger partial charge in [-0.15, -0.1) is 0 Å². The molecule has 1 heterocycles. The number of nitrogens with zero attached hydrogens (tertiary/aromatic N) is 1. The summed E-state index contributed by atoms with van der Waals surface area (Å²) in [5.74, 6) is -2.42. The van der Waals surface area contributed by atoms with Gasteiger partial charge in [-0.05, 0) is 48.6 Å². The molecular weight excluding hydrogens is 376 g/mol. The number of hydrogen-bond acceptors (Lipinski definition) is 4. The molecule has 3 rings (SSSR count). The molecule has 0 aliphatic carbocycles. The molecular formula is C18H19F2N3OS2. The first-order valence-electron chi connectivity index (χ1n) is 8.16. The molecule has 0 unspecified atom stereocenters. The fourth-order valence-corrected chi connectivity index (χ4v) is 3.39. The third-order valence-electron chi connectivity index (χ3n) is 3.84. The molecule has 138 valence electrons. The topological polar surface area (TPSA) is 36.5 Å². The van der Waals surface area contributed by atoms with Crippen molar-refractivity contribution in [3.05, 3.63) is 48.5 Å². The van der Waals surface area contributed by atoms with Crippen LogP contribution >= 0.6 is 24.0 Å². The lowest BCUT2D eigenvalue weighted by molar-refractivity contribution is 0.123. The number of hydrogen-bond donors (Lipinski definition) is 2. The van der Waals surface area contributed by atoms with Gasteiger partial charge in [-0.2, -0.15) is 8.78 Å². The van der Waals surface area contributed by atoms with Gasteiger partial charge in [0.1, 0.15) is 0 Å². The van der Waals surface area contributed by atoms with E-state index in [-0.39, 0.29) is 0 Å². The molecule has 26 heavy (non-hydrogen) atoms. The number of morpholine rings is 1. The van der Waals surface area contributed by atoms with Gasteiger partial charge in [-0.3, -0.25) is 0 Å².